The van der Waals surface area contributed by atoms with E-state index in [2.05, 4.69) is 24.1 Å². The zero-order chi connectivity index (χ0) is 13.4. The van der Waals surface area contributed by atoms with Crippen LogP contribution in [-0.4, -0.2) is 30.1 Å². The Bertz CT molecular complexity index is 352. The van der Waals surface area contributed by atoms with Crippen molar-refractivity contribution in [2.75, 3.05) is 13.1 Å². The Kier molecular flexibility index (Phi) is 6.36. The lowest BCUT2D eigenvalue weighted by atomic mass is 10.1. The number of hydrogen-bond donors (Lipinski definition) is 1. The molecule has 0 bridgehead atoms. The first kappa shape index (κ1) is 14.6. The number of nitrogens with zero attached hydrogens (tertiary/aromatic N) is 1. The largest absolute Gasteiger partial charge is 0.458 e. The van der Waals surface area contributed by atoms with E-state index >= 15 is 0 Å². The van der Waals surface area contributed by atoms with E-state index in [0.717, 1.165) is 13.0 Å². The first-order valence-corrected chi connectivity index (χ1v) is 6.41. The van der Waals surface area contributed by atoms with E-state index in [1.807, 2.05) is 6.92 Å². The summed E-state index contributed by atoms with van der Waals surface area (Å²) in [6.07, 6.45) is 4.17. The van der Waals surface area contributed by atoms with Crippen LogP contribution in [0, 0.1) is 5.92 Å². The normalized spacial score (nSPS) is 12.4. The molecule has 1 atom stereocenters. The lowest BCUT2D eigenvalue weighted by Crippen LogP contribution is -2.30. The molecule has 4 nitrogen and oxygen atoms in total. The maximum atomic E-state index is 11.7. The Morgan fingerprint density at radius 2 is 2.00 bits per heavy atom. The van der Waals surface area contributed by atoms with Gasteiger partial charge in [-0.25, -0.2) is 4.79 Å². The van der Waals surface area contributed by atoms with Gasteiger partial charge in [-0.2, -0.15) is 0 Å². The molecule has 4 heteroatoms. The minimum Gasteiger partial charge on any atom is -0.458 e. The van der Waals surface area contributed by atoms with Gasteiger partial charge in [0.15, 0.2) is 0 Å². The number of hydrogen-bond acceptors (Lipinski definition) is 4. The number of carbonyl (C=O) groups excluding carboxylic acids is 1. The van der Waals surface area contributed by atoms with Gasteiger partial charge in [0, 0.05) is 18.9 Å². The molecule has 0 radical (unpaired) electrons. The molecule has 0 aliphatic heterocycles. The number of nitrogens with one attached hydrogen (secondary N) is 1. The van der Waals surface area contributed by atoms with Crippen molar-refractivity contribution in [1.29, 1.82) is 0 Å². The van der Waals surface area contributed by atoms with Gasteiger partial charge in [-0.05, 0) is 37.9 Å². The van der Waals surface area contributed by atoms with Gasteiger partial charge in [-0.1, -0.05) is 13.8 Å². The second-order valence-electron chi connectivity index (χ2n) is 4.84. The third kappa shape index (κ3) is 5.77. The molecular formula is C14H22N2O2. The fraction of sp³-hybridized carbons (Fsp3) is 0.571. The van der Waals surface area contributed by atoms with Gasteiger partial charge in [-0.15, -0.1) is 0 Å². The summed E-state index contributed by atoms with van der Waals surface area (Å²) in [5.41, 5.74) is 0.541. The lowest BCUT2D eigenvalue weighted by molar-refractivity contribution is 0.0342. The number of ether oxygens (including phenoxy) is 1. The zero-order valence-electron chi connectivity index (χ0n) is 11.3. The summed E-state index contributed by atoms with van der Waals surface area (Å²) >= 11 is 0. The molecule has 18 heavy (non-hydrogen) atoms. The van der Waals surface area contributed by atoms with E-state index in [9.17, 15) is 4.79 Å². The van der Waals surface area contributed by atoms with Crippen LogP contribution in [0.1, 0.15) is 37.6 Å². The number of rotatable bonds is 7. The van der Waals surface area contributed by atoms with E-state index in [-0.39, 0.29) is 12.1 Å². The fourth-order valence-corrected chi connectivity index (χ4v) is 1.48. The average molecular weight is 250 g/mol. The first-order valence-electron chi connectivity index (χ1n) is 6.41. The molecule has 0 aliphatic rings. The van der Waals surface area contributed by atoms with Crippen LogP contribution in [0.15, 0.2) is 24.5 Å². The van der Waals surface area contributed by atoms with Crippen LogP contribution in [-0.2, 0) is 4.74 Å². The predicted octanol–water partition coefficient (Wildman–Crippen LogP) is 2.26. The quantitative estimate of drug-likeness (QED) is 0.596. The van der Waals surface area contributed by atoms with Gasteiger partial charge in [0.1, 0.15) is 6.10 Å². The minimum atomic E-state index is -0.296. The Hall–Kier alpha value is -1.42. The van der Waals surface area contributed by atoms with Gasteiger partial charge in [-0.3, -0.25) is 4.98 Å². The number of pyridine rings is 1. The number of aromatic nitrogens is 1. The second-order valence-corrected chi connectivity index (χ2v) is 4.84. The van der Waals surface area contributed by atoms with E-state index in [0.29, 0.717) is 18.0 Å². The number of carbonyl (C=O) groups is 1. The van der Waals surface area contributed by atoms with E-state index < -0.39 is 0 Å². The summed E-state index contributed by atoms with van der Waals surface area (Å²) in [6, 6.07) is 3.31. The maximum absolute atomic E-state index is 11.7. The lowest BCUT2D eigenvalue weighted by Gasteiger charge is -2.14. The molecule has 1 heterocycles. The molecule has 1 unspecified atom stereocenters. The van der Waals surface area contributed by atoms with Crippen molar-refractivity contribution in [3.8, 4) is 0 Å². The average Bonchev–Trinajstić information content (AvgIpc) is 2.35. The van der Waals surface area contributed by atoms with Crippen LogP contribution in [0.3, 0.4) is 0 Å². The fourth-order valence-electron chi connectivity index (χ4n) is 1.48. The summed E-state index contributed by atoms with van der Waals surface area (Å²) < 4.78 is 5.31. The highest BCUT2D eigenvalue weighted by Crippen LogP contribution is 2.02. The summed E-state index contributed by atoms with van der Waals surface area (Å²) in [6.45, 7) is 7.91. The SMILES string of the molecule is CC(C)CCNCC(C)OC(=O)c1ccncc1. The monoisotopic (exact) mass is 250 g/mol. The van der Waals surface area contributed by atoms with Crippen molar-refractivity contribution < 1.29 is 9.53 Å². The van der Waals surface area contributed by atoms with E-state index in [1.54, 1.807) is 24.5 Å². The first-order chi connectivity index (χ1) is 8.59. The van der Waals surface area contributed by atoms with Crippen LogP contribution >= 0.6 is 0 Å². The van der Waals surface area contributed by atoms with E-state index in [4.69, 9.17) is 4.74 Å². The van der Waals surface area contributed by atoms with Gasteiger partial charge in [0.25, 0.3) is 0 Å². The van der Waals surface area contributed by atoms with Crippen molar-refractivity contribution in [3.05, 3.63) is 30.1 Å². The molecule has 0 aromatic carbocycles. The Morgan fingerprint density at radius 3 is 2.61 bits per heavy atom. The van der Waals surface area contributed by atoms with Crippen molar-refractivity contribution in [1.82, 2.24) is 10.3 Å². The maximum Gasteiger partial charge on any atom is 0.338 e. The highest BCUT2D eigenvalue weighted by atomic mass is 16.5. The Balaban J connectivity index is 2.24. The molecule has 100 valence electrons. The Labute approximate surface area is 109 Å². The summed E-state index contributed by atoms with van der Waals surface area (Å²) in [4.78, 5) is 15.6. The molecule has 0 spiro atoms. The molecule has 1 rings (SSSR count). The van der Waals surface area contributed by atoms with E-state index in [1.165, 1.54) is 0 Å². The predicted molar refractivity (Wildman–Crippen MR) is 71.4 cm³/mol. The molecule has 0 saturated carbocycles. The van der Waals surface area contributed by atoms with Crippen LogP contribution in [0.2, 0.25) is 0 Å². The molecule has 1 aromatic heterocycles. The highest BCUT2D eigenvalue weighted by molar-refractivity contribution is 5.89. The van der Waals surface area contributed by atoms with Gasteiger partial charge < -0.3 is 10.1 Å². The van der Waals surface area contributed by atoms with Crippen molar-refractivity contribution >= 4 is 5.97 Å². The summed E-state index contributed by atoms with van der Waals surface area (Å²) in [7, 11) is 0. The second kappa shape index (κ2) is 7.82. The van der Waals surface area contributed by atoms with Crippen LogP contribution in [0.5, 0.6) is 0 Å². The van der Waals surface area contributed by atoms with Crippen molar-refractivity contribution in [3.63, 3.8) is 0 Å². The standard InChI is InChI=1S/C14H22N2O2/c1-11(2)4-7-16-10-12(3)18-14(17)13-5-8-15-9-6-13/h5-6,8-9,11-12,16H,4,7,10H2,1-3H3. The third-order valence-corrected chi connectivity index (χ3v) is 2.55. The minimum absolute atomic E-state index is 0.127. The molecule has 0 saturated heterocycles. The summed E-state index contributed by atoms with van der Waals surface area (Å²) in [5.74, 6) is 0.391. The van der Waals surface area contributed by atoms with Crippen LogP contribution < -0.4 is 5.32 Å². The molecule has 1 N–H and O–H groups in total. The highest BCUT2D eigenvalue weighted by Gasteiger charge is 2.11. The zero-order valence-corrected chi connectivity index (χ0v) is 11.3. The molecule has 1 aromatic rings. The van der Waals surface area contributed by atoms with Crippen molar-refractivity contribution in [2.24, 2.45) is 5.92 Å². The molecule has 0 aliphatic carbocycles. The molecule has 0 fully saturated rings. The number of esters is 1. The molecular weight excluding hydrogens is 228 g/mol. The van der Waals surface area contributed by atoms with Crippen LogP contribution in [0.25, 0.3) is 0 Å². The van der Waals surface area contributed by atoms with Gasteiger partial charge >= 0.3 is 5.97 Å². The smallest absolute Gasteiger partial charge is 0.338 e. The van der Waals surface area contributed by atoms with Gasteiger partial charge in [0.2, 0.25) is 0 Å². The van der Waals surface area contributed by atoms with Crippen LogP contribution in [0.4, 0.5) is 0 Å². The Morgan fingerprint density at radius 1 is 1.33 bits per heavy atom. The van der Waals surface area contributed by atoms with Gasteiger partial charge in [0.05, 0.1) is 5.56 Å². The molecule has 0 amide bonds. The summed E-state index contributed by atoms with van der Waals surface area (Å²) in [5, 5.41) is 3.28. The third-order valence-electron chi connectivity index (χ3n) is 2.55. The van der Waals surface area contributed by atoms with Crippen molar-refractivity contribution in [2.45, 2.75) is 33.3 Å². The topological polar surface area (TPSA) is 51.2 Å².